The van der Waals surface area contributed by atoms with Crippen molar-refractivity contribution in [3.05, 3.63) is 18.2 Å². The van der Waals surface area contributed by atoms with E-state index < -0.39 is 6.04 Å². The molecule has 0 saturated carbocycles. The molecule has 1 unspecified atom stereocenters. The summed E-state index contributed by atoms with van der Waals surface area (Å²) in [5, 5.41) is 2.72. The number of imidazole rings is 1. The Balaban J connectivity index is 2.51. The predicted molar refractivity (Wildman–Crippen MR) is 48.8 cm³/mol. The summed E-state index contributed by atoms with van der Waals surface area (Å²) in [6, 6.07) is -0.620. The lowest BCUT2D eigenvalue weighted by molar-refractivity contribution is -0.122. The summed E-state index contributed by atoms with van der Waals surface area (Å²) in [6.07, 6.45) is 3.35. The van der Waals surface area contributed by atoms with Crippen LogP contribution >= 0.6 is 0 Å². The van der Waals surface area contributed by atoms with Crippen molar-refractivity contribution >= 4 is 5.91 Å². The third-order valence-electron chi connectivity index (χ3n) is 1.70. The van der Waals surface area contributed by atoms with E-state index in [-0.39, 0.29) is 11.9 Å². The molecule has 0 aliphatic rings. The Bertz CT molecular complexity index is 268. The summed E-state index contributed by atoms with van der Waals surface area (Å²) in [6.45, 7) is 3.49. The Hall–Kier alpha value is -1.36. The second-order valence-electron chi connectivity index (χ2n) is 2.99. The van der Waals surface area contributed by atoms with Crippen molar-refractivity contribution in [2.24, 2.45) is 5.73 Å². The molecule has 0 aromatic carbocycles. The van der Waals surface area contributed by atoms with Crippen LogP contribution in [0.25, 0.3) is 0 Å². The maximum absolute atomic E-state index is 11.2. The van der Waals surface area contributed by atoms with Gasteiger partial charge in [-0.25, -0.2) is 4.98 Å². The zero-order valence-electron chi connectivity index (χ0n) is 7.74. The Labute approximate surface area is 76.7 Å². The minimum atomic E-state index is -0.489. The van der Waals surface area contributed by atoms with Gasteiger partial charge in [-0.15, -0.1) is 0 Å². The summed E-state index contributed by atoms with van der Waals surface area (Å²) in [5.41, 5.74) is 5.39. The maximum atomic E-state index is 11.2. The molecule has 72 valence electrons. The van der Waals surface area contributed by atoms with Crippen molar-refractivity contribution in [3.63, 3.8) is 0 Å². The van der Waals surface area contributed by atoms with Crippen LogP contribution in [-0.2, 0) is 4.79 Å². The van der Waals surface area contributed by atoms with Gasteiger partial charge in [-0.2, -0.15) is 0 Å². The first kappa shape index (κ1) is 9.73. The molecule has 1 heterocycles. The Morgan fingerprint density at radius 3 is 2.85 bits per heavy atom. The number of aromatic amines is 1. The van der Waals surface area contributed by atoms with Gasteiger partial charge in [-0.3, -0.25) is 4.79 Å². The zero-order chi connectivity index (χ0) is 9.84. The number of nitrogens with zero attached hydrogens (tertiary/aromatic N) is 1. The largest absolute Gasteiger partial charge is 0.347 e. The summed E-state index contributed by atoms with van der Waals surface area (Å²) < 4.78 is 0. The van der Waals surface area contributed by atoms with E-state index in [2.05, 4.69) is 15.3 Å². The van der Waals surface area contributed by atoms with Crippen LogP contribution in [0, 0.1) is 0 Å². The highest BCUT2D eigenvalue weighted by molar-refractivity contribution is 5.81. The highest BCUT2D eigenvalue weighted by Crippen LogP contribution is 2.04. The Morgan fingerprint density at radius 1 is 1.69 bits per heavy atom. The van der Waals surface area contributed by atoms with Gasteiger partial charge in [0.05, 0.1) is 12.1 Å². The molecular formula is C8H14N4O. The van der Waals surface area contributed by atoms with Gasteiger partial charge in [0.15, 0.2) is 0 Å². The monoisotopic (exact) mass is 182 g/mol. The second kappa shape index (κ2) is 4.04. The van der Waals surface area contributed by atoms with Crippen molar-refractivity contribution < 1.29 is 4.79 Å². The van der Waals surface area contributed by atoms with E-state index in [1.165, 1.54) is 0 Å². The first-order valence-electron chi connectivity index (χ1n) is 4.16. The van der Waals surface area contributed by atoms with Crippen molar-refractivity contribution in [2.75, 3.05) is 0 Å². The molecule has 0 fully saturated rings. The molecule has 5 heteroatoms. The fourth-order valence-corrected chi connectivity index (χ4v) is 0.927. The van der Waals surface area contributed by atoms with Gasteiger partial charge in [-0.1, -0.05) is 0 Å². The maximum Gasteiger partial charge on any atom is 0.237 e. The van der Waals surface area contributed by atoms with Crippen molar-refractivity contribution in [3.8, 4) is 0 Å². The van der Waals surface area contributed by atoms with Gasteiger partial charge in [-0.05, 0) is 13.8 Å². The normalized spacial score (nSPS) is 15.0. The lowest BCUT2D eigenvalue weighted by Crippen LogP contribution is -2.39. The van der Waals surface area contributed by atoms with E-state index in [0.717, 1.165) is 5.82 Å². The average molecular weight is 182 g/mol. The molecule has 1 amide bonds. The van der Waals surface area contributed by atoms with E-state index in [9.17, 15) is 4.79 Å². The number of hydrogen-bond acceptors (Lipinski definition) is 3. The third kappa shape index (κ3) is 2.55. The fourth-order valence-electron chi connectivity index (χ4n) is 0.927. The van der Waals surface area contributed by atoms with Gasteiger partial charge in [0.1, 0.15) is 5.82 Å². The average Bonchev–Trinajstić information content (AvgIpc) is 2.55. The molecule has 2 atom stereocenters. The van der Waals surface area contributed by atoms with E-state index in [1.807, 2.05) is 6.92 Å². The molecule has 13 heavy (non-hydrogen) atoms. The van der Waals surface area contributed by atoms with E-state index in [0.29, 0.717) is 0 Å². The third-order valence-corrected chi connectivity index (χ3v) is 1.70. The summed E-state index contributed by atoms with van der Waals surface area (Å²) in [7, 11) is 0. The Kier molecular flexibility index (Phi) is 3.02. The van der Waals surface area contributed by atoms with Crippen LogP contribution in [0.2, 0.25) is 0 Å². The molecule has 0 saturated heterocycles. The number of carbonyl (C=O) groups is 1. The van der Waals surface area contributed by atoms with Gasteiger partial charge >= 0.3 is 0 Å². The van der Waals surface area contributed by atoms with Gasteiger partial charge < -0.3 is 16.0 Å². The number of H-pyrrole nitrogens is 1. The molecule has 0 aliphatic heterocycles. The SMILES string of the molecule is CC(NC(=O)[C@@H](C)N)c1ncc[nH]1. The van der Waals surface area contributed by atoms with Crippen LogP contribution in [0.3, 0.4) is 0 Å². The first-order valence-corrected chi connectivity index (χ1v) is 4.16. The van der Waals surface area contributed by atoms with Crippen molar-refractivity contribution in [2.45, 2.75) is 25.9 Å². The van der Waals surface area contributed by atoms with Crippen molar-refractivity contribution in [1.29, 1.82) is 0 Å². The van der Waals surface area contributed by atoms with Gasteiger partial charge in [0, 0.05) is 12.4 Å². The highest BCUT2D eigenvalue weighted by atomic mass is 16.2. The minimum Gasteiger partial charge on any atom is -0.347 e. The lowest BCUT2D eigenvalue weighted by Gasteiger charge is -2.12. The number of hydrogen-bond donors (Lipinski definition) is 3. The molecule has 1 aromatic rings. The number of rotatable bonds is 3. The fraction of sp³-hybridized carbons (Fsp3) is 0.500. The van der Waals surface area contributed by atoms with E-state index >= 15 is 0 Å². The molecule has 5 nitrogen and oxygen atoms in total. The molecular weight excluding hydrogens is 168 g/mol. The molecule has 0 aliphatic carbocycles. The number of carbonyl (C=O) groups excluding carboxylic acids is 1. The van der Waals surface area contributed by atoms with Crippen LogP contribution < -0.4 is 11.1 Å². The zero-order valence-corrected chi connectivity index (χ0v) is 7.74. The van der Waals surface area contributed by atoms with Crippen LogP contribution in [0.15, 0.2) is 12.4 Å². The molecule has 0 radical (unpaired) electrons. The minimum absolute atomic E-state index is 0.131. The van der Waals surface area contributed by atoms with Gasteiger partial charge in [0.25, 0.3) is 0 Å². The molecule has 0 spiro atoms. The van der Waals surface area contributed by atoms with Gasteiger partial charge in [0.2, 0.25) is 5.91 Å². The molecule has 0 bridgehead atoms. The Morgan fingerprint density at radius 2 is 2.38 bits per heavy atom. The van der Waals surface area contributed by atoms with Crippen LogP contribution in [0.4, 0.5) is 0 Å². The molecule has 4 N–H and O–H groups in total. The topological polar surface area (TPSA) is 83.8 Å². The number of nitrogens with one attached hydrogen (secondary N) is 2. The summed E-state index contributed by atoms with van der Waals surface area (Å²) >= 11 is 0. The second-order valence-corrected chi connectivity index (χ2v) is 2.99. The summed E-state index contributed by atoms with van der Waals surface area (Å²) in [4.78, 5) is 18.1. The van der Waals surface area contributed by atoms with Crippen LogP contribution in [0.1, 0.15) is 25.7 Å². The predicted octanol–water partition coefficient (Wildman–Crippen LogP) is -0.0659. The number of aromatic nitrogens is 2. The van der Waals surface area contributed by atoms with Crippen LogP contribution in [-0.4, -0.2) is 21.9 Å². The van der Waals surface area contributed by atoms with Crippen LogP contribution in [0.5, 0.6) is 0 Å². The standard InChI is InChI=1S/C8H14N4O/c1-5(9)8(13)12-6(2)7-10-3-4-11-7/h3-6H,9H2,1-2H3,(H,10,11)(H,12,13)/t5-,6?/m1/s1. The van der Waals surface area contributed by atoms with Crippen molar-refractivity contribution in [1.82, 2.24) is 15.3 Å². The lowest BCUT2D eigenvalue weighted by atomic mass is 10.2. The first-order chi connectivity index (χ1) is 6.11. The highest BCUT2D eigenvalue weighted by Gasteiger charge is 2.13. The molecule has 1 rings (SSSR count). The number of amides is 1. The smallest absolute Gasteiger partial charge is 0.237 e. The summed E-state index contributed by atoms with van der Waals surface area (Å²) in [5.74, 6) is 0.554. The quantitative estimate of drug-likeness (QED) is 0.612. The van der Waals surface area contributed by atoms with E-state index in [1.54, 1.807) is 19.3 Å². The van der Waals surface area contributed by atoms with E-state index in [4.69, 9.17) is 5.73 Å². The molecule has 1 aromatic heterocycles. The number of nitrogens with two attached hydrogens (primary N) is 1.